The van der Waals surface area contributed by atoms with Crippen molar-refractivity contribution in [3.8, 4) is 11.4 Å². The molecule has 1 unspecified atom stereocenters. The van der Waals surface area contributed by atoms with Crippen molar-refractivity contribution in [3.63, 3.8) is 0 Å². The van der Waals surface area contributed by atoms with E-state index in [1.54, 1.807) is 19.5 Å². The van der Waals surface area contributed by atoms with Gasteiger partial charge in [-0.25, -0.2) is 9.97 Å². The molecule has 142 valence electrons. The molecule has 4 rings (SSSR count). The maximum atomic E-state index is 5.90. The monoisotopic (exact) mass is 368 g/mol. The number of rotatable bonds is 5. The summed E-state index contributed by atoms with van der Waals surface area (Å²) in [5.41, 5.74) is 2.71. The first-order valence-electron chi connectivity index (χ1n) is 9.14. The highest BCUT2D eigenvalue weighted by Crippen LogP contribution is 2.30. The van der Waals surface area contributed by atoms with Crippen LogP contribution in [0.2, 0.25) is 0 Å². The van der Waals surface area contributed by atoms with E-state index in [1.807, 2.05) is 30.8 Å². The van der Waals surface area contributed by atoms with Gasteiger partial charge in [0.25, 0.3) is 0 Å². The van der Waals surface area contributed by atoms with Gasteiger partial charge in [-0.1, -0.05) is 0 Å². The third-order valence-electron chi connectivity index (χ3n) is 4.86. The number of methoxy groups -OCH3 is 1. The van der Waals surface area contributed by atoms with Crippen LogP contribution in [0.5, 0.6) is 0 Å². The Balaban J connectivity index is 1.78. The number of ether oxygens (including phenoxy) is 2. The lowest BCUT2D eigenvalue weighted by atomic mass is 10.2. The third-order valence-corrected chi connectivity index (χ3v) is 4.86. The number of aromatic nitrogens is 5. The minimum absolute atomic E-state index is 0.130. The van der Waals surface area contributed by atoms with E-state index in [0.717, 1.165) is 47.6 Å². The number of hydrogen-bond donors (Lipinski definition) is 0. The molecule has 0 saturated carbocycles. The van der Waals surface area contributed by atoms with E-state index >= 15 is 0 Å². The lowest BCUT2D eigenvalue weighted by Crippen LogP contribution is -2.43. The summed E-state index contributed by atoms with van der Waals surface area (Å²) in [5.74, 6) is 1.60. The maximum absolute atomic E-state index is 5.90. The molecule has 8 nitrogen and oxygen atoms in total. The Hall–Kier alpha value is -2.58. The zero-order chi connectivity index (χ0) is 18.8. The van der Waals surface area contributed by atoms with Crippen molar-refractivity contribution in [3.05, 3.63) is 30.2 Å². The van der Waals surface area contributed by atoms with Gasteiger partial charge in [0.1, 0.15) is 5.82 Å². The van der Waals surface area contributed by atoms with E-state index in [0.29, 0.717) is 19.0 Å². The van der Waals surface area contributed by atoms with Crippen LogP contribution < -0.4 is 4.90 Å². The average molecular weight is 368 g/mol. The van der Waals surface area contributed by atoms with Crippen molar-refractivity contribution in [2.75, 3.05) is 38.3 Å². The molecule has 0 aliphatic carbocycles. The molecule has 4 heterocycles. The van der Waals surface area contributed by atoms with E-state index in [9.17, 15) is 0 Å². The maximum Gasteiger partial charge on any atom is 0.164 e. The van der Waals surface area contributed by atoms with Crippen LogP contribution in [0.1, 0.15) is 12.1 Å². The van der Waals surface area contributed by atoms with Gasteiger partial charge in [0.05, 0.1) is 23.8 Å². The number of pyridine rings is 1. The van der Waals surface area contributed by atoms with Gasteiger partial charge in [0, 0.05) is 51.8 Å². The molecule has 0 N–H and O–H groups in total. The molecule has 1 saturated heterocycles. The lowest BCUT2D eigenvalue weighted by molar-refractivity contribution is 0.0190. The number of fused-ring (bicyclic) bond motifs is 1. The second-order valence-corrected chi connectivity index (χ2v) is 6.73. The van der Waals surface area contributed by atoms with E-state index in [4.69, 9.17) is 19.4 Å². The zero-order valence-electron chi connectivity index (χ0n) is 15.9. The quantitative estimate of drug-likeness (QED) is 0.681. The molecule has 1 aliphatic rings. The second kappa shape index (κ2) is 7.58. The highest BCUT2D eigenvalue weighted by molar-refractivity contribution is 5.91. The van der Waals surface area contributed by atoms with Crippen molar-refractivity contribution < 1.29 is 9.47 Å². The number of anilines is 1. The predicted molar refractivity (Wildman–Crippen MR) is 103 cm³/mol. The number of hydrogen-bond acceptors (Lipinski definition) is 7. The predicted octanol–water partition coefficient (Wildman–Crippen LogP) is 1.98. The minimum Gasteiger partial charge on any atom is -0.385 e. The molecular formula is C19H24N6O2. The molecule has 1 fully saturated rings. The fourth-order valence-corrected chi connectivity index (χ4v) is 3.51. The zero-order valence-corrected chi connectivity index (χ0v) is 15.9. The normalized spacial score (nSPS) is 17.6. The Morgan fingerprint density at radius 3 is 2.85 bits per heavy atom. The Kier molecular flexibility index (Phi) is 5.00. The van der Waals surface area contributed by atoms with Crippen molar-refractivity contribution >= 4 is 16.9 Å². The molecule has 0 radical (unpaired) electrons. The van der Waals surface area contributed by atoms with Crippen molar-refractivity contribution in [1.29, 1.82) is 0 Å². The topological polar surface area (TPSA) is 78.2 Å². The van der Waals surface area contributed by atoms with Gasteiger partial charge in [-0.3, -0.25) is 9.67 Å². The first kappa shape index (κ1) is 17.8. The van der Waals surface area contributed by atoms with E-state index < -0.39 is 0 Å². The van der Waals surface area contributed by atoms with Crippen LogP contribution in [-0.4, -0.2) is 64.2 Å². The van der Waals surface area contributed by atoms with Crippen LogP contribution in [0.25, 0.3) is 22.4 Å². The fourth-order valence-electron chi connectivity index (χ4n) is 3.51. The van der Waals surface area contributed by atoms with Gasteiger partial charge < -0.3 is 14.4 Å². The van der Waals surface area contributed by atoms with E-state index in [-0.39, 0.29) is 6.10 Å². The average Bonchev–Trinajstić information content (AvgIpc) is 3.00. The summed E-state index contributed by atoms with van der Waals surface area (Å²) in [6, 6.07) is 3.85. The molecule has 1 aliphatic heterocycles. The number of aryl methyl sites for hydroxylation is 2. The molecule has 0 aromatic carbocycles. The smallest absolute Gasteiger partial charge is 0.164 e. The van der Waals surface area contributed by atoms with Gasteiger partial charge >= 0.3 is 0 Å². The van der Waals surface area contributed by atoms with Crippen molar-refractivity contribution in [2.45, 2.75) is 19.4 Å². The van der Waals surface area contributed by atoms with Crippen LogP contribution in [-0.2, 0) is 16.5 Å². The van der Waals surface area contributed by atoms with Gasteiger partial charge in [0.15, 0.2) is 11.5 Å². The second-order valence-electron chi connectivity index (χ2n) is 6.73. The Morgan fingerprint density at radius 2 is 2.07 bits per heavy atom. The van der Waals surface area contributed by atoms with Gasteiger partial charge in [-0.2, -0.15) is 5.10 Å². The van der Waals surface area contributed by atoms with E-state index in [2.05, 4.69) is 15.0 Å². The number of morpholine rings is 1. The Labute approximate surface area is 158 Å². The molecule has 8 heteroatoms. The first-order valence-corrected chi connectivity index (χ1v) is 9.14. The minimum atomic E-state index is 0.130. The molecule has 3 aromatic rings. The Bertz CT molecular complexity index is 927. The summed E-state index contributed by atoms with van der Waals surface area (Å²) in [6.45, 7) is 4.93. The highest BCUT2D eigenvalue weighted by atomic mass is 16.5. The summed E-state index contributed by atoms with van der Waals surface area (Å²) >= 11 is 0. The van der Waals surface area contributed by atoms with Crippen molar-refractivity contribution in [2.24, 2.45) is 7.05 Å². The van der Waals surface area contributed by atoms with Crippen LogP contribution in [0.4, 0.5) is 5.82 Å². The summed E-state index contributed by atoms with van der Waals surface area (Å²) in [5, 5.41) is 5.58. The summed E-state index contributed by atoms with van der Waals surface area (Å²) in [4.78, 5) is 16.1. The largest absolute Gasteiger partial charge is 0.385 e. The molecule has 0 spiro atoms. The molecule has 27 heavy (non-hydrogen) atoms. The molecule has 0 bridgehead atoms. The van der Waals surface area contributed by atoms with Crippen LogP contribution in [0.15, 0.2) is 24.5 Å². The summed E-state index contributed by atoms with van der Waals surface area (Å²) in [7, 11) is 3.64. The fraction of sp³-hybridized carbons (Fsp3) is 0.474. The Morgan fingerprint density at radius 1 is 1.26 bits per heavy atom. The van der Waals surface area contributed by atoms with Gasteiger partial charge in [0.2, 0.25) is 0 Å². The summed E-state index contributed by atoms with van der Waals surface area (Å²) < 4.78 is 12.9. The van der Waals surface area contributed by atoms with Gasteiger partial charge in [-0.15, -0.1) is 0 Å². The van der Waals surface area contributed by atoms with E-state index in [1.165, 1.54) is 0 Å². The van der Waals surface area contributed by atoms with Gasteiger partial charge in [-0.05, 0) is 25.5 Å². The molecule has 0 amide bonds. The molecular weight excluding hydrogens is 344 g/mol. The van der Waals surface area contributed by atoms with Crippen LogP contribution >= 0.6 is 0 Å². The van der Waals surface area contributed by atoms with Crippen molar-refractivity contribution in [1.82, 2.24) is 24.7 Å². The lowest BCUT2D eigenvalue weighted by Gasteiger charge is -2.34. The summed E-state index contributed by atoms with van der Waals surface area (Å²) in [6.07, 6.45) is 4.51. The van der Waals surface area contributed by atoms with Crippen LogP contribution in [0.3, 0.4) is 0 Å². The highest BCUT2D eigenvalue weighted by Gasteiger charge is 2.26. The SMILES string of the molecule is COCCC1CN(c2nc(-c3ccncc3)nc3c2c(C)nn3C)CCO1. The number of nitrogens with zero attached hydrogens (tertiary/aromatic N) is 6. The molecule has 3 aromatic heterocycles. The molecule has 1 atom stereocenters. The first-order chi connectivity index (χ1) is 13.2. The van der Waals surface area contributed by atoms with Crippen LogP contribution in [0, 0.1) is 6.92 Å². The third kappa shape index (κ3) is 3.50. The standard InChI is InChI=1S/C19H24N6O2/c1-13-16-18(24(2)23-13)21-17(14-4-7-20-8-5-14)22-19(16)25-9-11-27-15(12-25)6-10-26-3/h4-5,7-8,15H,6,9-12H2,1-3H3.